The molecule has 0 aliphatic carbocycles. The van der Waals surface area contributed by atoms with Gasteiger partial charge in [-0.05, 0) is 30.7 Å². The van der Waals surface area contributed by atoms with Gasteiger partial charge in [0.1, 0.15) is 31.0 Å². The molecule has 1 saturated heterocycles. The summed E-state index contributed by atoms with van der Waals surface area (Å²) in [7, 11) is 0. The molecule has 5 N–H and O–H groups in total. The van der Waals surface area contributed by atoms with Crippen LogP contribution in [0.1, 0.15) is 12.5 Å². The van der Waals surface area contributed by atoms with Crippen LogP contribution in [0.5, 0.6) is 11.5 Å². The van der Waals surface area contributed by atoms with E-state index in [1.807, 2.05) is 0 Å². The van der Waals surface area contributed by atoms with Crippen molar-refractivity contribution in [2.24, 2.45) is 0 Å². The molecular formula is C17H22O9. The van der Waals surface area contributed by atoms with Crippen LogP contribution < -0.4 is 0 Å². The lowest BCUT2D eigenvalue weighted by Gasteiger charge is -2.39. The molecule has 0 amide bonds. The molecule has 9 nitrogen and oxygen atoms in total. The van der Waals surface area contributed by atoms with Crippen LogP contribution in [0.3, 0.4) is 0 Å². The smallest absolute Gasteiger partial charge is 0.330 e. The Balaban J connectivity index is 1.90. The Hall–Kier alpha value is -2.17. The van der Waals surface area contributed by atoms with Crippen LogP contribution in [-0.4, -0.2) is 75.4 Å². The largest absolute Gasteiger partial charge is 0.504 e. The Labute approximate surface area is 149 Å². The third-order valence-electron chi connectivity index (χ3n) is 3.80. The summed E-state index contributed by atoms with van der Waals surface area (Å²) in [5, 5.41) is 48.1. The summed E-state index contributed by atoms with van der Waals surface area (Å²) in [6, 6.07) is 4.02. The van der Waals surface area contributed by atoms with Gasteiger partial charge in [-0.2, -0.15) is 0 Å². The van der Waals surface area contributed by atoms with Gasteiger partial charge in [-0.1, -0.05) is 6.07 Å². The van der Waals surface area contributed by atoms with E-state index in [-0.39, 0.29) is 24.7 Å². The molecule has 144 valence electrons. The SMILES string of the molecule is CCOC1OC(COC(=O)C=Cc2ccc(O)c(O)c2)C(O)C(O)C1O. The zero-order valence-electron chi connectivity index (χ0n) is 14.1. The summed E-state index contributed by atoms with van der Waals surface area (Å²) in [5.74, 6) is -1.35. The lowest BCUT2D eigenvalue weighted by molar-refractivity contribution is -0.300. The number of carbonyl (C=O) groups excluding carboxylic acids is 1. The molecule has 0 saturated carbocycles. The summed E-state index contributed by atoms with van der Waals surface area (Å²) < 4.78 is 15.4. The second kappa shape index (κ2) is 8.97. The van der Waals surface area contributed by atoms with Crippen molar-refractivity contribution in [1.29, 1.82) is 0 Å². The molecular weight excluding hydrogens is 348 g/mol. The number of carbonyl (C=O) groups is 1. The highest BCUT2D eigenvalue weighted by molar-refractivity contribution is 5.87. The fourth-order valence-corrected chi connectivity index (χ4v) is 2.38. The highest BCUT2D eigenvalue weighted by Crippen LogP contribution is 2.25. The maximum atomic E-state index is 11.8. The number of aliphatic hydroxyl groups excluding tert-OH is 3. The second-order valence-electron chi connectivity index (χ2n) is 5.68. The van der Waals surface area contributed by atoms with Gasteiger partial charge in [-0.3, -0.25) is 0 Å². The number of ether oxygens (including phenoxy) is 3. The summed E-state index contributed by atoms with van der Waals surface area (Å²) >= 11 is 0. The number of phenolic OH excluding ortho intramolecular Hbond substituents is 2. The van der Waals surface area contributed by atoms with E-state index >= 15 is 0 Å². The van der Waals surface area contributed by atoms with Crippen molar-refractivity contribution in [3.63, 3.8) is 0 Å². The first kappa shape index (κ1) is 20.1. The average molecular weight is 370 g/mol. The summed E-state index contributed by atoms with van der Waals surface area (Å²) in [5.41, 5.74) is 0.459. The van der Waals surface area contributed by atoms with Crippen LogP contribution in [0, 0.1) is 0 Å². The molecule has 0 aromatic heterocycles. The monoisotopic (exact) mass is 370 g/mol. The number of aliphatic hydroxyl groups is 3. The van der Waals surface area contributed by atoms with E-state index in [0.717, 1.165) is 6.08 Å². The molecule has 0 bridgehead atoms. The van der Waals surface area contributed by atoms with Crippen molar-refractivity contribution >= 4 is 12.0 Å². The predicted molar refractivity (Wildman–Crippen MR) is 88.1 cm³/mol. The Morgan fingerprint density at radius 3 is 2.54 bits per heavy atom. The molecule has 0 spiro atoms. The first-order valence-electron chi connectivity index (χ1n) is 8.01. The third-order valence-corrected chi connectivity index (χ3v) is 3.80. The van der Waals surface area contributed by atoms with Crippen LogP contribution in [0.4, 0.5) is 0 Å². The molecule has 1 aliphatic heterocycles. The highest BCUT2D eigenvalue weighted by Gasteiger charge is 2.44. The first-order valence-corrected chi connectivity index (χ1v) is 8.01. The number of benzene rings is 1. The maximum Gasteiger partial charge on any atom is 0.330 e. The minimum atomic E-state index is -1.50. The number of esters is 1. The molecule has 5 unspecified atom stereocenters. The van der Waals surface area contributed by atoms with Gasteiger partial charge in [0.25, 0.3) is 0 Å². The van der Waals surface area contributed by atoms with Crippen molar-refractivity contribution in [3.05, 3.63) is 29.8 Å². The first-order chi connectivity index (χ1) is 12.3. The average Bonchev–Trinajstić information content (AvgIpc) is 2.62. The molecule has 1 aromatic rings. The molecule has 5 atom stereocenters. The van der Waals surface area contributed by atoms with Crippen LogP contribution in [0.15, 0.2) is 24.3 Å². The summed E-state index contributed by atoms with van der Waals surface area (Å²) in [6.45, 7) is 1.53. The van der Waals surface area contributed by atoms with E-state index in [9.17, 15) is 30.3 Å². The quantitative estimate of drug-likeness (QED) is 0.254. The number of hydrogen-bond donors (Lipinski definition) is 5. The van der Waals surface area contributed by atoms with Gasteiger partial charge in [0.2, 0.25) is 0 Å². The zero-order valence-corrected chi connectivity index (χ0v) is 14.1. The Kier molecular flexibility index (Phi) is 6.95. The minimum absolute atomic E-state index is 0.221. The minimum Gasteiger partial charge on any atom is -0.504 e. The molecule has 2 rings (SSSR count). The molecule has 0 radical (unpaired) electrons. The van der Waals surface area contributed by atoms with Crippen molar-refractivity contribution in [1.82, 2.24) is 0 Å². The molecule has 9 heteroatoms. The van der Waals surface area contributed by atoms with E-state index in [1.165, 1.54) is 24.3 Å². The fourth-order valence-electron chi connectivity index (χ4n) is 2.38. The van der Waals surface area contributed by atoms with Crippen molar-refractivity contribution in [2.45, 2.75) is 37.6 Å². The normalized spacial score (nSPS) is 29.0. The van der Waals surface area contributed by atoms with Crippen molar-refractivity contribution in [2.75, 3.05) is 13.2 Å². The number of rotatable bonds is 6. The third kappa shape index (κ3) is 4.93. The van der Waals surface area contributed by atoms with Gasteiger partial charge in [0.15, 0.2) is 17.8 Å². The van der Waals surface area contributed by atoms with E-state index in [2.05, 4.69) is 0 Å². The lowest BCUT2D eigenvalue weighted by Crippen LogP contribution is -2.59. The Bertz CT molecular complexity index is 645. The van der Waals surface area contributed by atoms with Gasteiger partial charge in [0, 0.05) is 12.7 Å². The van der Waals surface area contributed by atoms with Gasteiger partial charge >= 0.3 is 5.97 Å². The number of phenols is 2. The van der Waals surface area contributed by atoms with E-state index in [1.54, 1.807) is 6.92 Å². The standard InChI is InChI=1S/C17H22O9/c1-2-24-17-16(23)15(22)14(21)12(26-17)8-25-13(20)6-4-9-3-5-10(18)11(19)7-9/h3-7,12,14-19,21-23H,2,8H2,1H3. The van der Waals surface area contributed by atoms with Crippen LogP contribution in [-0.2, 0) is 19.0 Å². The molecule has 1 heterocycles. The van der Waals surface area contributed by atoms with Gasteiger partial charge in [0.05, 0.1) is 0 Å². The van der Waals surface area contributed by atoms with Crippen molar-refractivity contribution < 1.29 is 44.5 Å². The van der Waals surface area contributed by atoms with Crippen LogP contribution in [0.25, 0.3) is 6.08 Å². The van der Waals surface area contributed by atoms with Crippen LogP contribution >= 0.6 is 0 Å². The summed E-state index contributed by atoms with van der Waals surface area (Å²) in [4.78, 5) is 11.8. The molecule has 26 heavy (non-hydrogen) atoms. The van der Waals surface area contributed by atoms with Crippen LogP contribution in [0.2, 0.25) is 0 Å². The fraction of sp³-hybridized carbons (Fsp3) is 0.471. The van der Waals surface area contributed by atoms with Crippen molar-refractivity contribution in [3.8, 4) is 11.5 Å². The maximum absolute atomic E-state index is 11.8. The highest BCUT2D eigenvalue weighted by atomic mass is 16.7. The Morgan fingerprint density at radius 2 is 1.88 bits per heavy atom. The number of hydrogen-bond acceptors (Lipinski definition) is 9. The van der Waals surface area contributed by atoms with Gasteiger partial charge < -0.3 is 39.7 Å². The Morgan fingerprint density at radius 1 is 1.15 bits per heavy atom. The van der Waals surface area contributed by atoms with Gasteiger partial charge in [-0.25, -0.2) is 4.79 Å². The second-order valence-corrected chi connectivity index (χ2v) is 5.68. The van der Waals surface area contributed by atoms with Gasteiger partial charge in [-0.15, -0.1) is 0 Å². The lowest BCUT2D eigenvalue weighted by atomic mass is 9.99. The zero-order chi connectivity index (χ0) is 19.3. The predicted octanol–water partition coefficient (Wildman–Crippen LogP) is -0.502. The van der Waals surface area contributed by atoms with E-state index < -0.39 is 36.7 Å². The topological polar surface area (TPSA) is 146 Å². The van der Waals surface area contributed by atoms with E-state index in [0.29, 0.717) is 5.56 Å². The molecule has 1 fully saturated rings. The molecule has 1 aliphatic rings. The van der Waals surface area contributed by atoms with E-state index in [4.69, 9.17) is 14.2 Å². The summed E-state index contributed by atoms with van der Waals surface area (Å²) in [6.07, 6.45) is -4.13. The number of aromatic hydroxyl groups is 2. The molecule has 1 aromatic carbocycles.